The molecule has 4 nitrogen and oxygen atoms in total. The number of carbonyl (C=O) groups excluding carboxylic acids is 1. The summed E-state index contributed by atoms with van der Waals surface area (Å²) >= 11 is 0. The maximum absolute atomic E-state index is 12.8. The van der Waals surface area contributed by atoms with Gasteiger partial charge in [-0.15, -0.1) is 0 Å². The molecule has 0 saturated heterocycles. The zero-order chi connectivity index (χ0) is 15.0. The summed E-state index contributed by atoms with van der Waals surface area (Å²) in [6.07, 6.45) is 4.82. The van der Waals surface area contributed by atoms with E-state index in [1.807, 2.05) is 19.0 Å². The van der Waals surface area contributed by atoms with Gasteiger partial charge in [0.15, 0.2) is 0 Å². The van der Waals surface area contributed by atoms with E-state index in [4.69, 9.17) is 5.73 Å². The van der Waals surface area contributed by atoms with Crippen LogP contribution < -0.4 is 15.5 Å². The van der Waals surface area contributed by atoms with Gasteiger partial charge in [0.25, 0.3) is 0 Å². The minimum absolute atomic E-state index is 0.166. The fourth-order valence-corrected chi connectivity index (χ4v) is 3.46. The van der Waals surface area contributed by atoms with E-state index in [0.717, 1.165) is 50.0 Å². The van der Waals surface area contributed by atoms with Crippen LogP contribution in [0, 0.1) is 5.92 Å². The van der Waals surface area contributed by atoms with Crippen molar-refractivity contribution in [1.29, 1.82) is 0 Å². The standard InChI is InChI=1S/C17H25N3O/c1-19(2)15-8-5-12-9-10-20(16(12)11-15)17(21)13-3-6-14(18)7-4-13/h5,8,11,13-14H,3-4,6-7,9-10,18H2,1-2H3/t13-,14-. The van der Waals surface area contributed by atoms with Gasteiger partial charge in [0.2, 0.25) is 5.91 Å². The molecule has 0 atom stereocenters. The van der Waals surface area contributed by atoms with Crippen LogP contribution in [0.1, 0.15) is 31.2 Å². The van der Waals surface area contributed by atoms with E-state index >= 15 is 0 Å². The summed E-state index contributed by atoms with van der Waals surface area (Å²) in [5.74, 6) is 0.468. The van der Waals surface area contributed by atoms with Crippen molar-refractivity contribution in [2.45, 2.75) is 38.1 Å². The minimum Gasteiger partial charge on any atom is -0.378 e. The third-order valence-corrected chi connectivity index (χ3v) is 4.87. The Kier molecular flexibility index (Phi) is 3.89. The highest BCUT2D eigenvalue weighted by molar-refractivity contribution is 5.97. The summed E-state index contributed by atoms with van der Waals surface area (Å²) in [6, 6.07) is 6.73. The van der Waals surface area contributed by atoms with Crippen molar-refractivity contribution in [3.63, 3.8) is 0 Å². The van der Waals surface area contributed by atoms with Crippen LogP contribution in [0.3, 0.4) is 0 Å². The number of carbonyl (C=O) groups is 1. The molecule has 0 radical (unpaired) electrons. The monoisotopic (exact) mass is 287 g/mol. The maximum atomic E-state index is 12.8. The Hall–Kier alpha value is -1.55. The molecule has 4 heteroatoms. The van der Waals surface area contributed by atoms with E-state index in [-0.39, 0.29) is 5.92 Å². The van der Waals surface area contributed by atoms with Gasteiger partial charge in [0.05, 0.1) is 0 Å². The summed E-state index contributed by atoms with van der Waals surface area (Å²) in [5, 5.41) is 0. The number of benzene rings is 1. The van der Waals surface area contributed by atoms with Gasteiger partial charge < -0.3 is 15.5 Å². The van der Waals surface area contributed by atoms with Crippen molar-refractivity contribution in [3.05, 3.63) is 23.8 Å². The van der Waals surface area contributed by atoms with Gasteiger partial charge in [-0.05, 0) is 49.8 Å². The quantitative estimate of drug-likeness (QED) is 0.907. The van der Waals surface area contributed by atoms with Gasteiger partial charge in [-0.25, -0.2) is 0 Å². The second-order valence-corrected chi connectivity index (χ2v) is 6.56. The van der Waals surface area contributed by atoms with Crippen molar-refractivity contribution in [3.8, 4) is 0 Å². The molecule has 21 heavy (non-hydrogen) atoms. The molecule has 0 unspecified atom stereocenters. The van der Waals surface area contributed by atoms with E-state index in [1.165, 1.54) is 5.56 Å². The molecule has 2 N–H and O–H groups in total. The lowest BCUT2D eigenvalue weighted by atomic mass is 9.85. The largest absolute Gasteiger partial charge is 0.378 e. The highest BCUT2D eigenvalue weighted by Gasteiger charge is 2.32. The van der Waals surface area contributed by atoms with E-state index < -0.39 is 0 Å². The molecule has 1 aromatic rings. The molecule has 1 aromatic carbocycles. The van der Waals surface area contributed by atoms with Crippen LogP contribution >= 0.6 is 0 Å². The molecule has 0 spiro atoms. The Morgan fingerprint density at radius 3 is 2.62 bits per heavy atom. The van der Waals surface area contributed by atoms with Crippen molar-refractivity contribution < 1.29 is 4.79 Å². The van der Waals surface area contributed by atoms with Crippen molar-refractivity contribution in [2.24, 2.45) is 11.7 Å². The molecular formula is C17H25N3O. The number of nitrogens with two attached hydrogens (primary N) is 1. The van der Waals surface area contributed by atoms with E-state index in [2.05, 4.69) is 23.1 Å². The topological polar surface area (TPSA) is 49.6 Å². The van der Waals surface area contributed by atoms with Crippen LogP contribution in [0.25, 0.3) is 0 Å². The highest BCUT2D eigenvalue weighted by atomic mass is 16.2. The average molecular weight is 287 g/mol. The molecule has 1 saturated carbocycles. The first-order chi connectivity index (χ1) is 10.1. The fraction of sp³-hybridized carbons (Fsp3) is 0.588. The highest BCUT2D eigenvalue weighted by Crippen LogP contribution is 2.35. The Morgan fingerprint density at radius 1 is 1.24 bits per heavy atom. The molecule has 1 aliphatic carbocycles. The van der Waals surface area contributed by atoms with E-state index in [0.29, 0.717) is 11.9 Å². The van der Waals surface area contributed by atoms with Gasteiger partial charge in [0.1, 0.15) is 0 Å². The van der Waals surface area contributed by atoms with Gasteiger partial charge in [-0.2, -0.15) is 0 Å². The molecule has 0 bridgehead atoms. The number of fused-ring (bicyclic) bond motifs is 1. The lowest BCUT2D eigenvalue weighted by Gasteiger charge is -2.29. The number of amides is 1. The Morgan fingerprint density at radius 2 is 1.95 bits per heavy atom. The van der Waals surface area contributed by atoms with E-state index in [9.17, 15) is 4.79 Å². The first-order valence-electron chi connectivity index (χ1n) is 7.93. The van der Waals surface area contributed by atoms with E-state index in [1.54, 1.807) is 0 Å². The predicted octanol–water partition coefficient (Wildman–Crippen LogP) is 2.16. The van der Waals surface area contributed by atoms with Crippen molar-refractivity contribution >= 4 is 17.3 Å². The second-order valence-electron chi connectivity index (χ2n) is 6.56. The number of nitrogens with zero attached hydrogens (tertiary/aromatic N) is 2. The third-order valence-electron chi connectivity index (χ3n) is 4.87. The average Bonchev–Trinajstić information content (AvgIpc) is 2.90. The van der Waals surface area contributed by atoms with Gasteiger partial charge in [-0.3, -0.25) is 4.79 Å². The first kappa shape index (κ1) is 14.4. The molecule has 1 amide bonds. The molecule has 3 rings (SSSR count). The Balaban J connectivity index is 1.79. The summed E-state index contributed by atoms with van der Waals surface area (Å²) in [7, 11) is 4.07. The number of hydrogen-bond donors (Lipinski definition) is 1. The minimum atomic E-state index is 0.166. The third kappa shape index (κ3) is 2.77. The molecule has 2 aliphatic rings. The fourth-order valence-electron chi connectivity index (χ4n) is 3.46. The van der Waals surface area contributed by atoms with Crippen LogP contribution in [-0.4, -0.2) is 32.6 Å². The van der Waals surface area contributed by atoms with Crippen LogP contribution in [0.5, 0.6) is 0 Å². The number of hydrogen-bond acceptors (Lipinski definition) is 3. The summed E-state index contributed by atoms with van der Waals surface area (Å²) in [6.45, 7) is 0.827. The smallest absolute Gasteiger partial charge is 0.230 e. The molecule has 1 aliphatic heterocycles. The molecule has 114 valence electrons. The van der Waals surface area contributed by atoms with Crippen LogP contribution in [0.2, 0.25) is 0 Å². The Labute approximate surface area is 126 Å². The molecule has 1 heterocycles. The molecule has 0 aromatic heterocycles. The zero-order valence-corrected chi connectivity index (χ0v) is 13.0. The molecule has 1 fully saturated rings. The number of anilines is 2. The summed E-state index contributed by atoms with van der Waals surface area (Å²) in [5.41, 5.74) is 9.51. The molecular weight excluding hydrogens is 262 g/mol. The number of rotatable bonds is 2. The summed E-state index contributed by atoms with van der Waals surface area (Å²) < 4.78 is 0. The predicted molar refractivity (Wildman–Crippen MR) is 86.8 cm³/mol. The first-order valence-corrected chi connectivity index (χ1v) is 7.93. The Bertz CT molecular complexity index is 533. The van der Waals surface area contributed by atoms with Crippen LogP contribution in [-0.2, 0) is 11.2 Å². The second kappa shape index (κ2) is 5.68. The summed E-state index contributed by atoms with van der Waals surface area (Å²) in [4.78, 5) is 16.9. The van der Waals surface area contributed by atoms with Crippen LogP contribution in [0.15, 0.2) is 18.2 Å². The zero-order valence-electron chi connectivity index (χ0n) is 13.0. The van der Waals surface area contributed by atoms with Gasteiger partial charge in [-0.1, -0.05) is 6.07 Å². The lowest BCUT2D eigenvalue weighted by molar-refractivity contribution is -0.123. The normalized spacial score (nSPS) is 24.8. The van der Waals surface area contributed by atoms with Crippen molar-refractivity contribution in [1.82, 2.24) is 0 Å². The lowest BCUT2D eigenvalue weighted by Crippen LogP contribution is -2.38. The van der Waals surface area contributed by atoms with Gasteiger partial charge >= 0.3 is 0 Å². The SMILES string of the molecule is CN(C)c1ccc2c(c1)N(C(=O)[C@H]1CC[C@H](N)CC1)CC2. The van der Waals surface area contributed by atoms with Gasteiger partial charge in [0, 0.05) is 44.0 Å². The van der Waals surface area contributed by atoms with Crippen molar-refractivity contribution in [2.75, 3.05) is 30.4 Å². The van der Waals surface area contributed by atoms with Crippen LogP contribution in [0.4, 0.5) is 11.4 Å². The maximum Gasteiger partial charge on any atom is 0.230 e.